The third kappa shape index (κ3) is 6.09. The van der Waals surface area contributed by atoms with Crippen LogP contribution in [0.25, 0.3) is 0 Å². The van der Waals surface area contributed by atoms with Gasteiger partial charge >= 0.3 is 5.97 Å². The van der Waals surface area contributed by atoms with E-state index in [-0.39, 0.29) is 18.4 Å². The molecule has 0 unspecified atom stereocenters. The fourth-order valence-electron chi connectivity index (χ4n) is 1.56. The van der Waals surface area contributed by atoms with Crippen molar-refractivity contribution in [2.24, 2.45) is 5.92 Å². The summed E-state index contributed by atoms with van der Waals surface area (Å²) in [7, 11) is 1.33. The lowest BCUT2D eigenvalue weighted by molar-refractivity contribution is -0.145. The van der Waals surface area contributed by atoms with Crippen molar-refractivity contribution in [3.63, 3.8) is 0 Å². The topological polar surface area (TPSA) is 46.6 Å². The SMILES string of the molecule is CC=CC(=O)N(CC(=O)OC)CC(CC)CC. The van der Waals surface area contributed by atoms with Crippen molar-refractivity contribution < 1.29 is 14.3 Å². The second-order valence-corrected chi connectivity index (χ2v) is 3.98. The van der Waals surface area contributed by atoms with E-state index >= 15 is 0 Å². The smallest absolute Gasteiger partial charge is 0.325 e. The van der Waals surface area contributed by atoms with Gasteiger partial charge in [-0.3, -0.25) is 9.59 Å². The Balaban J connectivity index is 4.60. The van der Waals surface area contributed by atoms with Crippen molar-refractivity contribution in [1.29, 1.82) is 0 Å². The maximum Gasteiger partial charge on any atom is 0.325 e. The molecule has 0 N–H and O–H groups in total. The Labute approximate surface area is 104 Å². The first kappa shape index (κ1) is 15.7. The molecule has 0 aliphatic carbocycles. The van der Waals surface area contributed by atoms with E-state index in [1.165, 1.54) is 13.2 Å². The second-order valence-electron chi connectivity index (χ2n) is 3.98. The van der Waals surface area contributed by atoms with Gasteiger partial charge in [-0.15, -0.1) is 0 Å². The third-order valence-electron chi connectivity index (χ3n) is 2.80. The highest BCUT2D eigenvalue weighted by molar-refractivity contribution is 5.90. The number of rotatable bonds is 7. The summed E-state index contributed by atoms with van der Waals surface area (Å²) in [6.07, 6.45) is 5.15. The summed E-state index contributed by atoms with van der Waals surface area (Å²) >= 11 is 0. The summed E-state index contributed by atoms with van der Waals surface area (Å²) in [4.78, 5) is 24.6. The molecule has 0 aliphatic rings. The van der Waals surface area contributed by atoms with Crippen molar-refractivity contribution in [2.75, 3.05) is 20.2 Å². The van der Waals surface area contributed by atoms with Crippen LogP contribution in [0.1, 0.15) is 33.6 Å². The van der Waals surface area contributed by atoms with Crippen molar-refractivity contribution >= 4 is 11.9 Å². The summed E-state index contributed by atoms with van der Waals surface area (Å²) in [6, 6.07) is 0. The Hall–Kier alpha value is -1.32. The molecule has 0 aromatic rings. The number of carbonyl (C=O) groups is 2. The maximum absolute atomic E-state index is 11.8. The molecule has 0 saturated carbocycles. The van der Waals surface area contributed by atoms with E-state index in [0.717, 1.165) is 12.8 Å². The molecule has 0 fully saturated rings. The number of carbonyl (C=O) groups excluding carboxylic acids is 2. The zero-order valence-corrected chi connectivity index (χ0v) is 11.2. The molecule has 0 bridgehead atoms. The Kier molecular flexibility index (Phi) is 8.11. The Bertz CT molecular complexity index is 270. The zero-order chi connectivity index (χ0) is 13.3. The van der Waals surface area contributed by atoms with Gasteiger partial charge in [-0.2, -0.15) is 0 Å². The van der Waals surface area contributed by atoms with Crippen LogP contribution in [0, 0.1) is 5.92 Å². The predicted octanol–water partition coefficient (Wildman–Crippen LogP) is 2.00. The minimum atomic E-state index is -0.381. The molecule has 0 atom stereocenters. The molecule has 0 spiro atoms. The molecule has 0 rings (SSSR count). The van der Waals surface area contributed by atoms with Crippen molar-refractivity contribution in [1.82, 2.24) is 4.90 Å². The average molecular weight is 241 g/mol. The minimum absolute atomic E-state index is 0.0240. The minimum Gasteiger partial charge on any atom is -0.468 e. The van der Waals surface area contributed by atoms with Crippen LogP contribution in [0.3, 0.4) is 0 Å². The first-order chi connectivity index (χ1) is 8.08. The highest BCUT2D eigenvalue weighted by Crippen LogP contribution is 2.10. The van der Waals surface area contributed by atoms with Crippen LogP contribution in [0.2, 0.25) is 0 Å². The zero-order valence-electron chi connectivity index (χ0n) is 11.2. The van der Waals surface area contributed by atoms with Crippen LogP contribution in [-0.4, -0.2) is 37.0 Å². The summed E-state index contributed by atoms with van der Waals surface area (Å²) in [5.41, 5.74) is 0. The summed E-state index contributed by atoms with van der Waals surface area (Å²) in [6.45, 7) is 6.59. The molecule has 0 saturated heterocycles. The van der Waals surface area contributed by atoms with Crippen LogP contribution >= 0.6 is 0 Å². The van der Waals surface area contributed by atoms with Gasteiger partial charge in [0.15, 0.2) is 0 Å². The van der Waals surface area contributed by atoms with Gasteiger partial charge in [-0.1, -0.05) is 32.8 Å². The van der Waals surface area contributed by atoms with Gasteiger partial charge in [0.05, 0.1) is 7.11 Å². The lowest BCUT2D eigenvalue weighted by Gasteiger charge is -2.24. The quantitative estimate of drug-likeness (QED) is 0.506. The highest BCUT2D eigenvalue weighted by atomic mass is 16.5. The van der Waals surface area contributed by atoms with E-state index in [1.54, 1.807) is 17.9 Å². The summed E-state index contributed by atoms with van der Waals surface area (Å²) in [5.74, 6) is -0.0903. The van der Waals surface area contributed by atoms with E-state index in [1.807, 2.05) is 0 Å². The lowest BCUT2D eigenvalue weighted by Crippen LogP contribution is -2.38. The van der Waals surface area contributed by atoms with Crippen LogP contribution < -0.4 is 0 Å². The maximum atomic E-state index is 11.8. The molecular weight excluding hydrogens is 218 g/mol. The number of nitrogens with zero attached hydrogens (tertiary/aromatic N) is 1. The first-order valence-corrected chi connectivity index (χ1v) is 6.07. The number of amides is 1. The number of hydrogen-bond acceptors (Lipinski definition) is 3. The second kappa shape index (κ2) is 8.79. The van der Waals surface area contributed by atoms with Gasteiger partial charge in [0, 0.05) is 6.54 Å². The monoisotopic (exact) mass is 241 g/mol. The van der Waals surface area contributed by atoms with Crippen molar-refractivity contribution in [3.05, 3.63) is 12.2 Å². The Morgan fingerprint density at radius 2 is 1.88 bits per heavy atom. The fourth-order valence-corrected chi connectivity index (χ4v) is 1.56. The number of esters is 1. The molecule has 0 aromatic heterocycles. The van der Waals surface area contributed by atoms with Crippen molar-refractivity contribution in [2.45, 2.75) is 33.6 Å². The molecule has 0 aromatic carbocycles. The van der Waals surface area contributed by atoms with E-state index < -0.39 is 0 Å². The largest absolute Gasteiger partial charge is 0.468 e. The summed E-state index contributed by atoms with van der Waals surface area (Å²) in [5, 5.41) is 0. The average Bonchev–Trinajstić information content (AvgIpc) is 2.34. The van der Waals surface area contributed by atoms with Gasteiger partial charge in [-0.05, 0) is 18.9 Å². The van der Waals surface area contributed by atoms with Gasteiger partial charge in [0.1, 0.15) is 6.54 Å². The molecule has 17 heavy (non-hydrogen) atoms. The van der Waals surface area contributed by atoms with E-state index in [9.17, 15) is 9.59 Å². The predicted molar refractivity (Wildman–Crippen MR) is 67.5 cm³/mol. The number of hydrogen-bond donors (Lipinski definition) is 0. The molecular formula is C13H23NO3. The van der Waals surface area contributed by atoms with Crippen molar-refractivity contribution in [3.8, 4) is 0 Å². The number of ether oxygens (including phenoxy) is 1. The summed E-state index contributed by atoms with van der Waals surface area (Å²) < 4.78 is 4.60. The molecule has 0 aliphatic heterocycles. The Morgan fingerprint density at radius 1 is 1.29 bits per heavy atom. The Morgan fingerprint density at radius 3 is 2.29 bits per heavy atom. The van der Waals surface area contributed by atoms with Gasteiger partial charge in [0.2, 0.25) is 5.91 Å². The standard InChI is InChI=1S/C13H23NO3/c1-5-8-12(15)14(10-13(16)17-4)9-11(6-2)7-3/h5,8,11H,6-7,9-10H2,1-4H3. The van der Waals surface area contributed by atoms with Gasteiger partial charge in [-0.25, -0.2) is 0 Å². The van der Waals surface area contributed by atoms with E-state index in [4.69, 9.17) is 0 Å². The van der Waals surface area contributed by atoms with E-state index in [0.29, 0.717) is 12.5 Å². The molecule has 0 heterocycles. The molecule has 1 amide bonds. The fraction of sp³-hybridized carbons (Fsp3) is 0.692. The first-order valence-electron chi connectivity index (χ1n) is 6.07. The van der Waals surface area contributed by atoms with Gasteiger partial charge < -0.3 is 9.64 Å². The van der Waals surface area contributed by atoms with Crippen LogP contribution in [0.15, 0.2) is 12.2 Å². The molecule has 0 radical (unpaired) electrons. The van der Waals surface area contributed by atoms with Crippen LogP contribution in [0.4, 0.5) is 0 Å². The lowest BCUT2D eigenvalue weighted by atomic mass is 10.0. The van der Waals surface area contributed by atoms with E-state index in [2.05, 4.69) is 18.6 Å². The normalized spacial score (nSPS) is 10.9. The van der Waals surface area contributed by atoms with Crippen LogP contribution in [-0.2, 0) is 14.3 Å². The molecule has 4 nitrogen and oxygen atoms in total. The third-order valence-corrected chi connectivity index (χ3v) is 2.80. The van der Waals surface area contributed by atoms with Gasteiger partial charge in [0.25, 0.3) is 0 Å². The number of methoxy groups -OCH3 is 1. The highest BCUT2D eigenvalue weighted by Gasteiger charge is 2.18. The van der Waals surface area contributed by atoms with Crippen LogP contribution in [0.5, 0.6) is 0 Å². The molecule has 98 valence electrons. The molecule has 4 heteroatoms. The number of allylic oxidation sites excluding steroid dienone is 1.